The molecule has 0 fully saturated rings. The fraction of sp³-hybridized carbons (Fsp3) is 0.857. The van der Waals surface area contributed by atoms with Crippen molar-refractivity contribution in [2.45, 2.75) is 20.8 Å². The van der Waals surface area contributed by atoms with Crippen molar-refractivity contribution in [1.82, 2.24) is 0 Å². The molecule has 0 bridgehead atoms. The van der Waals surface area contributed by atoms with E-state index >= 15 is 0 Å². The van der Waals surface area contributed by atoms with Gasteiger partial charge in [0.05, 0.1) is 19.6 Å². The van der Waals surface area contributed by atoms with E-state index in [1.165, 1.54) is 0 Å². The van der Waals surface area contributed by atoms with Crippen molar-refractivity contribution in [3.8, 4) is 0 Å². The number of carboxylic acid groups (broad SMARTS) is 1. The lowest BCUT2D eigenvalue weighted by atomic mass is 10.5. The van der Waals surface area contributed by atoms with Crippen LogP contribution in [-0.2, 0) is 11.3 Å². The second-order valence-electron chi connectivity index (χ2n) is 2.56. The van der Waals surface area contributed by atoms with Crippen LogP contribution in [0.4, 0.5) is 4.79 Å². The van der Waals surface area contributed by atoms with E-state index in [0.29, 0.717) is 19.6 Å². The molecular formula is C7H18N2O4S. The second kappa shape index (κ2) is 7.72. The molecule has 7 heteroatoms. The molecule has 0 saturated carbocycles. The van der Waals surface area contributed by atoms with Gasteiger partial charge in [0.1, 0.15) is 11.3 Å². The fourth-order valence-electron chi connectivity index (χ4n) is 0.987. The SMILES string of the molecule is CC[N+](CC)(CC)S(=O)[O-].NC(=O)O. The Morgan fingerprint density at radius 2 is 1.57 bits per heavy atom. The van der Waals surface area contributed by atoms with E-state index in [1.54, 1.807) is 0 Å². The summed E-state index contributed by atoms with van der Waals surface area (Å²) in [7, 11) is 0. The van der Waals surface area contributed by atoms with Gasteiger partial charge in [0.25, 0.3) is 0 Å². The lowest BCUT2D eigenvalue weighted by Gasteiger charge is -2.35. The smallest absolute Gasteiger partial charge is 0.402 e. The first-order chi connectivity index (χ1) is 6.36. The second-order valence-corrected chi connectivity index (χ2v) is 3.77. The van der Waals surface area contributed by atoms with E-state index in [2.05, 4.69) is 5.73 Å². The average molecular weight is 226 g/mol. The zero-order valence-electron chi connectivity index (χ0n) is 8.73. The number of carbonyl (C=O) groups is 1. The number of hydrogen-bond donors (Lipinski definition) is 2. The Labute approximate surface area is 86.7 Å². The predicted molar refractivity (Wildman–Crippen MR) is 53.0 cm³/mol. The monoisotopic (exact) mass is 226 g/mol. The van der Waals surface area contributed by atoms with Gasteiger partial charge in [-0.1, -0.05) is 0 Å². The minimum Gasteiger partial charge on any atom is -0.724 e. The van der Waals surface area contributed by atoms with Crippen LogP contribution in [0.3, 0.4) is 0 Å². The zero-order valence-corrected chi connectivity index (χ0v) is 9.54. The molecule has 1 amide bonds. The van der Waals surface area contributed by atoms with E-state index in [-0.39, 0.29) is 3.89 Å². The highest BCUT2D eigenvalue weighted by atomic mass is 32.2. The van der Waals surface area contributed by atoms with E-state index in [0.717, 1.165) is 0 Å². The first-order valence-electron chi connectivity index (χ1n) is 4.30. The molecular weight excluding hydrogens is 208 g/mol. The van der Waals surface area contributed by atoms with Crippen LogP contribution in [0.25, 0.3) is 0 Å². The van der Waals surface area contributed by atoms with E-state index < -0.39 is 17.4 Å². The average Bonchev–Trinajstić information content (AvgIpc) is 2.07. The largest absolute Gasteiger partial charge is 0.724 e. The summed E-state index contributed by atoms with van der Waals surface area (Å²) in [5, 5.41) is 7.19. The van der Waals surface area contributed by atoms with Crippen LogP contribution in [-0.4, -0.2) is 43.5 Å². The van der Waals surface area contributed by atoms with Crippen LogP contribution in [0.2, 0.25) is 0 Å². The van der Waals surface area contributed by atoms with Gasteiger partial charge in [0.15, 0.2) is 0 Å². The number of hydrogen-bond acceptors (Lipinski definition) is 3. The Morgan fingerprint density at radius 1 is 1.36 bits per heavy atom. The maximum atomic E-state index is 10.7. The number of nitrogens with two attached hydrogens (primary N) is 1. The summed E-state index contributed by atoms with van der Waals surface area (Å²) in [6.07, 6.45) is -1.33. The third-order valence-corrected chi connectivity index (χ3v) is 3.45. The standard InChI is InChI=1S/C6H15NO2S.CH3NO2/c1-4-7(5-2,6-3)10(8)9;2-1(3)4/h4-6H2,1-3H3;2H2,(H,3,4). The highest BCUT2D eigenvalue weighted by molar-refractivity contribution is 7.73. The molecule has 14 heavy (non-hydrogen) atoms. The fourth-order valence-corrected chi connectivity index (χ4v) is 1.62. The maximum Gasteiger partial charge on any atom is 0.402 e. The molecule has 6 nitrogen and oxygen atoms in total. The summed E-state index contributed by atoms with van der Waals surface area (Å²) in [5.74, 6) is 0. The normalized spacial score (nSPS) is 12.6. The Balaban J connectivity index is 0. The van der Waals surface area contributed by atoms with E-state index in [4.69, 9.17) is 9.90 Å². The molecule has 0 aromatic heterocycles. The Bertz CT molecular complexity index is 182. The molecule has 3 N–H and O–H groups in total. The molecule has 0 aliphatic rings. The highest BCUT2D eigenvalue weighted by Crippen LogP contribution is 2.07. The summed E-state index contributed by atoms with van der Waals surface area (Å²) in [6.45, 7) is 7.64. The van der Waals surface area contributed by atoms with Gasteiger partial charge in [-0.25, -0.2) is 12.9 Å². The maximum absolute atomic E-state index is 10.7. The van der Waals surface area contributed by atoms with Crippen LogP contribution in [0.5, 0.6) is 0 Å². The van der Waals surface area contributed by atoms with Gasteiger partial charge in [-0.2, -0.15) is 0 Å². The van der Waals surface area contributed by atoms with Crippen LogP contribution in [0.15, 0.2) is 0 Å². The van der Waals surface area contributed by atoms with Crippen molar-refractivity contribution in [1.29, 1.82) is 0 Å². The van der Waals surface area contributed by atoms with E-state index in [9.17, 15) is 8.76 Å². The van der Waals surface area contributed by atoms with Gasteiger partial charge in [-0.05, 0) is 20.8 Å². The molecule has 0 rings (SSSR count). The van der Waals surface area contributed by atoms with Gasteiger partial charge in [-0.15, -0.1) is 0 Å². The topological polar surface area (TPSA) is 103 Å². The van der Waals surface area contributed by atoms with Gasteiger partial charge < -0.3 is 15.4 Å². The summed E-state index contributed by atoms with van der Waals surface area (Å²) >= 11 is -1.97. The highest BCUT2D eigenvalue weighted by Gasteiger charge is 2.21. The van der Waals surface area contributed by atoms with Crippen molar-refractivity contribution in [3.63, 3.8) is 0 Å². The number of primary amides is 1. The van der Waals surface area contributed by atoms with Gasteiger partial charge in [0, 0.05) is 0 Å². The number of rotatable bonds is 4. The summed E-state index contributed by atoms with van der Waals surface area (Å²) in [4.78, 5) is 8.78. The van der Waals surface area contributed by atoms with Crippen LogP contribution in [0.1, 0.15) is 20.8 Å². The molecule has 0 radical (unpaired) electrons. The van der Waals surface area contributed by atoms with Crippen LogP contribution < -0.4 is 5.73 Å². The molecule has 0 heterocycles. The van der Waals surface area contributed by atoms with Gasteiger partial charge in [-0.3, -0.25) is 0 Å². The molecule has 0 aliphatic carbocycles. The molecule has 0 spiro atoms. The number of amides is 1. The molecule has 0 aromatic rings. The summed E-state index contributed by atoms with van der Waals surface area (Å²) in [5.41, 5.74) is 4.03. The van der Waals surface area contributed by atoms with E-state index in [1.807, 2.05) is 20.8 Å². The third-order valence-electron chi connectivity index (χ3n) is 2.05. The zero-order chi connectivity index (χ0) is 11.8. The summed E-state index contributed by atoms with van der Waals surface area (Å²) < 4.78 is 21.6. The summed E-state index contributed by atoms with van der Waals surface area (Å²) in [6, 6.07) is 0. The Hall–Kier alpha value is -0.660. The van der Waals surface area contributed by atoms with Crippen molar-refractivity contribution in [2.24, 2.45) is 5.73 Å². The van der Waals surface area contributed by atoms with Crippen molar-refractivity contribution in [2.75, 3.05) is 19.6 Å². The van der Waals surface area contributed by atoms with Crippen LogP contribution >= 0.6 is 0 Å². The molecule has 86 valence electrons. The van der Waals surface area contributed by atoms with Crippen LogP contribution in [0, 0.1) is 0 Å². The molecule has 0 aromatic carbocycles. The molecule has 1 unspecified atom stereocenters. The Kier molecular flexibility index (Phi) is 8.71. The first-order valence-corrected chi connectivity index (χ1v) is 5.33. The van der Waals surface area contributed by atoms with Crippen molar-refractivity contribution < 1.29 is 22.6 Å². The first kappa shape index (κ1) is 15.8. The van der Waals surface area contributed by atoms with Gasteiger partial charge >= 0.3 is 6.09 Å². The lowest BCUT2D eigenvalue weighted by Crippen LogP contribution is -2.48. The molecule has 1 atom stereocenters. The molecule has 0 saturated heterocycles. The van der Waals surface area contributed by atoms with Crippen molar-refractivity contribution in [3.05, 3.63) is 0 Å². The Morgan fingerprint density at radius 3 is 1.57 bits per heavy atom. The quantitative estimate of drug-likeness (QED) is 0.530. The third kappa shape index (κ3) is 5.90. The lowest BCUT2D eigenvalue weighted by molar-refractivity contribution is -0.800. The van der Waals surface area contributed by atoms with Gasteiger partial charge in [0.2, 0.25) is 0 Å². The number of nitrogens with zero attached hydrogens (tertiary/aromatic N) is 1. The number of quaternary nitrogens is 1. The molecule has 0 aliphatic heterocycles. The predicted octanol–water partition coefficient (Wildman–Crippen LogP) is 0.280. The van der Waals surface area contributed by atoms with Crippen molar-refractivity contribution >= 4 is 17.4 Å². The minimum atomic E-state index is -1.97. The minimum absolute atomic E-state index is 0.181.